The van der Waals surface area contributed by atoms with Crippen LogP contribution in [0, 0.1) is 6.92 Å². The Morgan fingerprint density at radius 3 is 2.77 bits per heavy atom. The van der Waals surface area contributed by atoms with Gasteiger partial charge in [-0.1, -0.05) is 19.9 Å². The lowest BCUT2D eigenvalue weighted by Gasteiger charge is -2.29. The molecular formula is C20H31N3O3. The molecule has 1 N–H and O–H groups in total. The molecule has 0 saturated heterocycles. The summed E-state index contributed by atoms with van der Waals surface area (Å²) >= 11 is 0. The third-order valence-corrected chi connectivity index (χ3v) is 4.71. The van der Waals surface area contributed by atoms with Crippen molar-refractivity contribution < 1.29 is 14.3 Å². The van der Waals surface area contributed by atoms with Crippen molar-refractivity contribution in [1.29, 1.82) is 0 Å². The summed E-state index contributed by atoms with van der Waals surface area (Å²) in [4.78, 5) is 28.2. The minimum Gasteiger partial charge on any atom is -0.482 e. The van der Waals surface area contributed by atoms with Gasteiger partial charge in [0.15, 0.2) is 6.61 Å². The molecule has 0 saturated carbocycles. The van der Waals surface area contributed by atoms with Gasteiger partial charge in [-0.15, -0.1) is 0 Å². The molecule has 1 aromatic rings. The second-order valence-electron chi connectivity index (χ2n) is 6.64. The van der Waals surface area contributed by atoms with E-state index in [2.05, 4.69) is 24.1 Å². The minimum absolute atomic E-state index is 0.0507. The monoisotopic (exact) mass is 361 g/mol. The molecule has 26 heavy (non-hydrogen) atoms. The average molecular weight is 361 g/mol. The first-order chi connectivity index (χ1) is 12.5. The quantitative estimate of drug-likeness (QED) is 0.650. The number of carbonyl (C=O) groups excluding carboxylic acids is 2. The number of hydrogen-bond acceptors (Lipinski definition) is 4. The van der Waals surface area contributed by atoms with E-state index in [-0.39, 0.29) is 18.4 Å². The Morgan fingerprint density at radius 1 is 1.27 bits per heavy atom. The van der Waals surface area contributed by atoms with Gasteiger partial charge in [-0.25, -0.2) is 0 Å². The fourth-order valence-corrected chi connectivity index (χ4v) is 3.11. The highest BCUT2D eigenvalue weighted by molar-refractivity contribution is 5.97. The first kappa shape index (κ1) is 20.2. The third-order valence-electron chi connectivity index (χ3n) is 4.71. The fraction of sp³-hybridized carbons (Fsp3) is 0.600. The number of rotatable bonds is 10. The summed E-state index contributed by atoms with van der Waals surface area (Å²) in [5.74, 6) is 0.730. The highest BCUT2D eigenvalue weighted by Crippen LogP contribution is 2.32. The minimum atomic E-state index is -0.0530. The zero-order valence-electron chi connectivity index (χ0n) is 16.2. The SMILES string of the molecule is CCN(CC)CCCNC(=O)CCCN1C(=O)COc2ccc(C)cc21. The zero-order chi connectivity index (χ0) is 18.9. The number of nitrogens with zero attached hydrogens (tertiary/aromatic N) is 2. The summed E-state index contributed by atoms with van der Waals surface area (Å²) in [6.07, 6.45) is 2.03. The number of aryl methyl sites for hydroxylation is 1. The second-order valence-corrected chi connectivity index (χ2v) is 6.64. The Labute approximate surface area is 156 Å². The molecule has 0 radical (unpaired) electrons. The van der Waals surface area contributed by atoms with Crippen molar-refractivity contribution in [3.8, 4) is 5.75 Å². The number of nitrogens with one attached hydrogen (secondary N) is 1. The van der Waals surface area contributed by atoms with E-state index < -0.39 is 0 Å². The lowest BCUT2D eigenvalue weighted by Crippen LogP contribution is -2.39. The van der Waals surface area contributed by atoms with Crippen LogP contribution in [0.4, 0.5) is 5.69 Å². The molecule has 1 aromatic carbocycles. The summed E-state index contributed by atoms with van der Waals surface area (Å²) in [7, 11) is 0. The van der Waals surface area contributed by atoms with E-state index in [9.17, 15) is 9.59 Å². The van der Waals surface area contributed by atoms with E-state index in [1.165, 1.54) is 0 Å². The maximum Gasteiger partial charge on any atom is 0.265 e. The topological polar surface area (TPSA) is 61.9 Å². The molecule has 6 nitrogen and oxygen atoms in total. The van der Waals surface area contributed by atoms with Gasteiger partial charge in [0.2, 0.25) is 5.91 Å². The number of anilines is 1. The van der Waals surface area contributed by atoms with Crippen LogP contribution in [0.2, 0.25) is 0 Å². The van der Waals surface area contributed by atoms with Gasteiger partial charge in [0.25, 0.3) is 5.91 Å². The highest BCUT2D eigenvalue weighted by atomic mass is 16.5. The second kappa shape index (κ2) is 10.2. The van der Waals surface area contributed by atoms with E-state index in [1.807, 2.05) is 25.1 Å². The summed E-state index contributed by atoms with van der Waals surface area (Å²) in [5, 5.41) is 2.97. The van der Waals surface area contributed by atoms with Crippen LogP contribution in [0.25, 0.3) is 0 Å². The largest absolute Gasteiger partial charge is 0.482 e. The molecule has 0 bridgehead atoms. The number of carbonyl (C=O) groups is 2. The number of fused-ring (bicyclic) bond motifs is 1. The third kappa shape index (κ3) is 5.73. The Bertz CT molecular complexity index is 614. The normalized spacial score (nSPS) is 13.5. The molecule has 2 amide bonds. The summed E-state index contributed by atoms with van der Waals surface area (Å²) in [5.41, 5.74) is 1.89. The molecule has 6 heteroatoms. The predicted octanol–water partition coefficient (Wildman–Crippen LogP) is 2.35. The Hall–Kier alpha value is -2.08. The molecule has 0 unspecified atom stereocenters. The van der Waals surface area contributed by atoms with Crippen LogP contribution in [0.1, 0.15) is 38.7 Å². The molecule has 1 aliphatic rings. The zero-order valence-corrected chi connectivity index (χ0v) is 16.2. The van der Waals surface area contributed by atoms with Crippen LogP contribution in [0.3, 0.4) is 0 Å². The molecule has 2 rings (SSSR count). The first-order valence-corrected chi connectivity index (χ1v) is 9.58. The van der Waals surface area contributed by atoms with E-state index in [0.717, 1.165) is 43.1 Å². The van der Waals surface area contributed by atoms with Crippen molar-refractivity contribution in [3.05, 3.63) is 23.8 Å². The average Bonchev–Trinajstić information content (AvgIpc) is 2.63. The van der Waals surface area contributed by atoms with Crippen LogP contribution >= 0.6 is 0 Å². The summed E-state index contributed by atoms with van der Waals surface area (Å²) in [6.45, 7) is 10.7. The van der Waals surface area contributed by atoms with Gasteiger partial charge in [0.05, 0.1) is 5.69 Å². The summed E-state index contributed by atoms with van der Waals surface area (Å²) < 4.78 is 5.48. The van der Waals surface area contributed by atoms with E-state index >= 15 is 0 Å². The van der Waals surface area contributed by atoms with Crippen molar-refractivity contribution in [1.82, 2.24) is 10.2 Å². The van der Waals surface area contributed by atoms with Crippen LogP contribution in [0.5, 0.6) is 5.75 Å². The molecule has 0 fully saturated rings. The van der Waals surface area contributed by atoms with Crippen molar-refractivity contribution in [2.75, 3.05) is 44.2 Å². The maximum absolute atomic E-state index is 12.2. The molecular weight excluding hydrogens is 330 g/mol. The lowest BCUT2D eigenvalue weighted by molar-refractivity contribution is -0.122. The van der Waals surface area contributed by atoms with E-state index in [4.69, 9.17) is 4.74 Å². The lowest BCUT2D eigenvalue weighted by atomic mass is 10.1. The Kier molecular flexibility index (Phi) is 7.91. The van der Waals surface area contributed by atoms with Crippen molar-refractivity contribution in [2.24, 2.45) is 0 Å². The number of hydrogen-bond donors (Lipinski definition) is 1. The van der Waals surface area contributed by atoms with Crippen LogP contribution in [0.15, 0.2) is 18.2 Å². The smallest absolute Gasteiger partial charge is 0.265 e. The molecule has 0 atom stereocenters. The predicted molar refractivity (Wildman–Crippen MR) is 104 cm³/mol. The van der Waals surface area contributed by atoms with Gasteiger partial charge in [0, 0.05) is 19.5 Å². The maximum atomic E-state index is 12.2. The summed E-state index contributed by atoms with van der Waals surface area (Å²) in [6, 6.07) is 5.82. The van der Waals surface area contributed by atoms with E-state index in [1.54, 1.807) is 4.90 Å². The molecule has 1 heterocycles. The van der Waals surface area contributed by atoms with Crippen molar-refractivity contribution in [2.45, 2.75) is 40.0 Å². The number of benzene rings is 1. The fourth-order valence-electron chi connectivity index (χ4n) is 3.11. The van der Waals surface area contributed by atoms with Crippen LogP contribution in [-0.4, -0.2) is 56.0 Å². The number of ether oxygens (including phenoxy) is 1. The van der Waals surface area contributed by atoms with Gasteiger partial charge < -0.3 is 19.9 Å². The van der Waals surface area contributed by atoms with Crippen LogP contribution < -0.4 is 15.0 Å². The molecule has 144 valence electrons. The van der Waals surface area contributed by atoms with Gasteiger partial charge in [-0.05, 0) is 57.1 Å². The molecule has 0 spiro atoms. The molecule has 1 aliphatic heterocycles. The Balaban J connectivity index is 1.73. The van der Waals surface area contributed by atoms with Crippen molar-refractivity contribution >= 4 is 17.5 Å². The highest BCUT2D eigenvalue weighted by Gasteiger charge is 2.25. The van der Waals surface area contributed by atoms with E-state index in [0.29, 0.717) is 25.9 Å². The van der Waals surface area contributed by atoms with Gasteiger partial charge in [-0.3, -0.25) is 9.59 Å². The molecule has 0 aromatic heterocycles. The van der Waals surface area contributed by atoms with Gasteiger partial charge in [-0.2, -0.15) is 0 Å². The van der Waals surface area contributed by atoms with Gasteiger partial charge in [0.1, 0.15) is 5.75 Å². The number of amides is 2. The van der Waals surface area contributed by atoms with Crippen molar-refractivity contribution in [3.63, 3.8) is 0 Å². The Morgan fingerprint density at radius 2 is 2.04 bits per heavy atom. The van der Waals surface area contributed by atoms with Gasteiger partial charge >= 0.3 is 0 Å². The standard InChI is InChI=1S/C20H31N3O3/c1-4-22(5-2)12-7-11-21-19(24)8-6-13-23-17-14-16(3)9-10-18(17)26-15-20(23)25/h9-10,14H,4-8,11-13,15H2,1-3H3,(H,21,24). The molecule has 0 aliphatic carbocycles. The first-order valence-electron chi connectivity index (χ1n) is 9.58. The van der Waals surface area contributed by atoms with Crippen LogP contribution in [-0.2, 0) is 9.59 Å².